The number of aromatic nitrogens is 1. The van der Waals surface area contributed by atoms with Gasteiger partial charge in [-0.3, -0.25) is 9.69 Å². The van der Waals surface area contributed by atoms with E-state index in [2.05, 4.69) is 20.9 Å². The van der Waals surface area contributed by atoms with Crippen LogP contribution in [0.15, 0.2) is 76.6 Å². The lowest BCUT2D eigenvalue weighted by molar-refractivity contribution is -0.114. The Morgan fingerprint density at radius 2 is 1.96 bits per heavy atom. The van der Waals surface area contributed by atoms with E-state index in [-0.39, 0.29) is 5.91 Å². The zero-order valence-corrected chi connectivity index (χ0v) is 17.4. The fourth-order valence-electron chi connectivity index (χ4n) is 2.64. The van der Waals surface area contributed by atoms with Crippen molar-refractivity contribution in [3.63, 3.8) is 0 Å². The molecule has 1 amide bonds. The average Bonchev–Trinajstić information content (AvgIpc) is 3.34. The highest BCUT2D eigenvalue weighted by Crippen LogP contribution is 2.32. The van der Waals surface area contributed by atoms with Gasteiger partial charge in [0.15, 0.2) is 5.13 Å². The van der Waals surface area contributed by atoms with Crippen LogP contribution in [-0.2, 0) is 11.3 Å². The second-order valence-electron chi connectivity index (χ2n) is 5.87. The van der Waals surface area contributed by atoms with Crippen LogP contribution in [0.25, 0.3) is 16.3 Å². The summed E-state index contributed by atoms with van der Waals surface area (Å²) in [5, 5.41) is 2.70. The van der Waals surface area contributed by atoms with Crippen LogP contribution in [0.1, 0.15) is 10.4 Å². The summed E-state index contributed by atoms with van der Waals surface area (Å²) in [6, 6.07) is 19.9. The molecule has 0 saturated heterocycles. The zero-order chi connectivity index (χ0) is 18.6. The van der Waals surface area contributed by atoms with E-state index in [1.807, 2.05) is 72.1 Å². The monoisotopic (exact) mass is 454 g/mol. The Hall–Kier alpha value is -2.28. The first-order valence-electron chi connectivity index (χ1n) is 8.32. The lowest BCUT2D eigenvalue weighted by Crippen LogP contribution is -2.28. The van der Waals surface area contributed by atoms with Gasteiger partial charge >= 0.3 is 0 Å². The molecule has 0 unspecified atom stereocenters. The maximum Gasteiger partial charge on any atom is 0.253 e. The molecule has 6 heteroatoms. The number of thiophene rings is 1. The smallest absolute Gasteiger partial charge is 0.253 e. The second-order valence-corrected chi connectivity index (χ2v) is 8.77. The van der Waals surface area contributed by atoms with E-state index in [0.29, 0.717) is 11.7 Å². The molecule has 2 aromatic carbocycles. The fraction of sp³-hybridized carbons (Fsp3) is 0.0476. The number of carbonyl (C=O) groups is 1. The number of thiazole rings is 1. The molecule has 0 saturated carbocycles. The molecule has 0 spiro atoms. The van der Waals surface area contributed by atoms with Crippen LogP contribution in [0.4, 0.5) is 5.13 Å². The maximum atomic E-state index is 13.0. The van der Waals surface area contributed by atoms with Gasteiger partial charge < -0.3 is 0 Å². The number of anilines is 1. The molecule has 0 N–H and O–H groups in total. The Labute approximate surface area is 173 Å². The Morgan fingerprint density at radius 3 is 2.74 bits per heavy atom. The summed E-state index contributed by atoms with van der Waals surface area (Å²) in [5.41, 5.74) is 1.96. The first-order chi connectivity index (χ1) is 13.2. The highest BCUT2D eigenvalue weighted by Gasteiger charge is 2.18. The summed E-state index contributed by atoms with van der Waals surface area (Å²) in [5.74, 6) is -0.0784. The molecule has 0 radical (unpaired) electrons. The van der Waals surface area contributed by atoms with Crippen LogP contribution in [0.5, 0.6) is 0 Å². The molecule has 3 nitrogen and oxygen atoms in total. The van der Waals surface area contributed by atoms with Crippen molar-refractivity contribution < 1.29 is 4.79 Å². The highest BCUT2D eigenvalue weighted by atomic mass is 79.9. The number of nitrogens with zero attached hydrogens (tertiary/aromatic N) is 2. The van der Waals surface area contributed by atoms with Gasteiger partial charge in [-0.15, -0.1) is 11.3 Å². The predicted octanol–water partition coefficient (Wildman–Crippen LogP) is 6.37. The fourth-order valence-corrected chi connectivity index (χ4v) is 4.78. The minimum atomic E-state index is -0.0784. The summed E-state index contributed by atoms with van der Waals surface area (Å²) in [4.78, 5) is 20.5. The van der Waals surface area contributed by atoms with Crippen molar-refractivity contribution in [3.05, 3.63) is 87.0 Å². The summed E-state index contributed by atoms with van der Waals surface area (Å²) in [6.07, 6.45) is 3.48. The first kappa shape index (κ1) is 18.1. The molecule has 4 aromatic rings. The molecular weight excluding hydrogens is 440 g/mol. The number of hydrogen-bond donors (Lipinski definition) is 0. The van der Waals surface area contributed by atoms with Crippen molar-refractivity contribution in [3.8, 4) is 0 Å². The van der Waals surface area contributed by atoms with Gasteiger partial charge in [-0.1, -0.05) is 63.7 Å². The molecule has 0 atom stereocenters. The summed E-state index contributed by atoms with van der Waals surface area (Å²) in [6.45, 7) is 0.482. The van der Waals surface area contributed by atoms with E-state index in [9.17, 15) is 4.79 Å². The molecule has 0 aliphatic heterocycles. The van der Waals surface area contributed by atoms with E-state index < -0.39 is 0 Å². The van der Waals surface area contributed by atoms with Crippen molar-refractivity contribution in [2.45, 2.75) is 6.54 Å². The van der Waals surface area contributed by atoms with E-state index in [1.54, 1.807) is 22.3 Å². The molecule has 27 heavy (non-hydrogen) atoms. The van der Waals surface area contributed by atoms with Crippen molar-refractivity contribution in [1.82, 2.24) is 4.98 Å². The van der Waals surface area contributed by atoms with Gasteiger partial charge in [-0.2, -0.15) is 0 Å². The zero-order valence-electron chi connectivity index (χ0n) is 14.2. The van der Waals surface area contributed by atoms with Gasteiger partial charge in [-0.25, -0.2) is 4.98 Å². The third-order valence-electron chi connectivity index (χ3n) is 3.95. The Morgan fingerprint density at radius 1 is 1.11 bits per heavy atom. The summed E-state index contributed by atoms with van der Waals surface area (Å²) < 4.78 is 2.05. The van der Waals surface area contributed by atoms with Crippen LogP contribution in [0.3, 0.4) is 0 Å². The SMILES string of the molecule is O=C(/C=C/c1cccs1)N(Cc1ccccc1)c1nc2ccc(Br)cc2s1. The van der Waals surface area contributed by atoms with Gasteiger partial charge in [0, 0.05) is 15.4 Å². The lowest BCUT2D eigenvalue weighted by atomic mass is 10.2. The van der Waals surface area contributed by atoms with Gasteiger partial charge in [-0.05, 0) is 41.3 Å². The minimum Gasteiger partial charge on any atom is -0.280 e. The van der Waals surface area contributed by atoms with Crippen molar-refractivity contribution in [2.75, 3.05) is 4.90 Å². The Kier molecular flexibility index (Phi) is 5.48. The number of halogens is 1. The molecule has 2 aromatic heterocycles. The number of rotatable bonds is 5. The van der Waals surface area contributed by atoms with E-state index in [1.165, 1.54) is 11.3 Å². The van der Waals surface area contributed by atoms with Crippen molar-refractivity contribution in [2.24, 2.45) is 0 Å². The third-order valence-corrected chi connectivity index (χ3v) is 6.32. The van der Waals surface area contributed by atoms with Crippen molar-refractivity contribution in [1.29, 1.82) is 0 Å². The number of benzene rings is 2. The lowest BCUT2D eigenvalue weighted by Gasteiger charge is -2.18. The van der Waals surface area contributed by atoms with Crippen LogP contribution in [-0.4, -0.2) is 10.9 Å². The van der Waals surface area contributed by atoms with Crippen molar-refractivity contribution >= 4 is 65.9 Å². The van der Waals surface area contributed by atoms with Gasteiger partial charge in [0.1, 0.15) is 0 Å². The Bertz CT molecular complexity index is 1090. The molecule has 4 rings (SSSR count). The molecule has 0 aliphatic rings. The topological polar surface area (TPSA) is 33.2 Å². The van der Waals surface area contributed by atoms with E-state index in [0.717, 1.165) is 25.1 Å². The number of hydrogen-bond acceptors (Lipinski definition) is 4. The molecular formula is C21H15BrN2OS2. The van der Waals surface area contributed by atoms with E-state index in [4.69, 9.17) is 0 Å². The molecule has 2 heterocycles. The van der Waals surface area contributed by atoms with Crippen LogP contribution in [0.2, 0.25) is 0 Å². The molecule has 134 valence electrons. The van der Waals surface area contributed by atoms with Crippen LogP contribution in [0, 0.1) is 0 Å². The normalized spacial score (nSPS) is 11.3. The van der Waals surface area contributed by atoms with E-state index >= 15 is 0 Å². The van der Waals surface area contributed by atoms with Gasteiger partial charge in [0.05, 0.1) is 16.8 Å². The standard InChI is InChI=1S/C21H15BrN2OS2/c22-16-8-10-18-19(13-16)27-21(23-18)24(14-15-5-2-1-3-6-15)20(25)11-9-17-7-4-12-26-17/h1-13H,14H2/b11-9+. The molecule has 0 aliphatic carbocycles. The minimum absolute atomic E-state index is 0.0784. The molecule has 0 bridgehead atoms. The largest absolute Gasteiger partial charge is 0.280 e. The average molecular weight is 455 g/mol. The predicted molar refractivity (Wildman–Crippen MR) is 118 cm³/mol. The number of fused-ring (bicyclic) bond motifs is 1. The summed E-state index contributed by atoms with van der Waals surface area (Å²) >= 11 is 6.63. The maximum absolute atomic E-state index is 13.0. The summed E-state index contributed by atoms with van der Waals surface area (Å²) in [7, 11) is 0. The quantitative estimate of drug-likeness (QED) is 0.328. The Balaban J connectivity index is 1.68. The van der Waals surface area contributed by atoms with Crippen LogP contribution >= 0.6 is 38.6 Å². The highest BCUT2D eigenvalue weighted by molar-refractivity contribution is 9.10. The third kappa shape index (κ3) is 4.35. The molecule has 0 fully saturated rings. The first-order valence-corrected chi connectivity index (χ1v) is 10.8. The van der Waals surface area contributed by atoms with Gasteiger partial charge in [0.25, 0.3) is 5.91 Å². The van der Waals surface area contributed by atoms with Crippen LogP contribution < -0.4 is 4.90 Å². The number of carbonyl (C=O) groups excluding carboxylic acids is 1. The second kappa shape index (κ2) is 8.17. The number of amides is 1. The van der Waals surface area contributed by atoms with Gasteiger partial charge in [0.2, 0.25) is 0 Å².